The lowest BCUT2D eigenvalue weighted by Crippen LogP contribution is -2.33. The van der Waals surface area contributed by atoms with Crippen molar-refractivity contribution >= 4 is 29.3 Å². The molecule has 0 unspecified atom stereocenters. The standard InChI is InChI=1S/C24H29N5O3S/c1-5-29-22(21(16(2)3)26-23(31)17-9-7-6-8-10-17)27-28-24(29)33-15-20(30)25-18-11-13-19(32-4)14-12-18/h6-14,16,21H,5,15H2,1-4H3,(H,25,30)(H,26,31)/t21-/m0/s1. The van der Waals surface area contributed by atoms with Crippen LogP contribution < -0.4 is 15.4 Å². The molecular formula is C24H29N5O3S. The van der Waals surface area contributed by atoms with Crippen molar-refractivity contribution in [2.75, 3.05) is 18.2 Å². The van der Waals surface area contributed by atoms with Gasteiger partial charge in [-0.05, 0) is 49.2 Å². The topological polar surface area (TPSA) is 98.1 Å². The van der Waals surface area contributed by atoms with Gasteiger partial charge in [0, 0.05) is 17.8 Å². The van der Waals surface area contributed by atoms with E-state index in [0.29, 0.717) is 28.8 Å². The van der Waals surface area contributed by atoms with Crippen LogP contribution in [0.1, 0.15) is 43.0 Å². The molecule has 0 fully saturated rings. The SMILES string of the molecule is CCn1c(SCC(=O)Nc2ccc(OC)cc2)nnc1[C@@H](NC(=O)c1ccccc1)C(C)C. The lowest BCUT2D eigenvalue weighted by Gasteiger charge is -2.22. The van der Waals surface area contributed by atoms with Gasteiger partial charge in [-0.1, -0.05) is 43.8 Å². The molecule has 0 aliphatic rings. The van der Waals surface area contributed by atoms with Crippen LogP contribution in [0.2, 0.25) is 0 Å². The number of methoxy groups -OCH3 is 1. The molecule has 0 bridgehead atoms. The Labute approximate surface area is 198 Å². The molecule has 0 radical (unpaired) electrons. The first-order valence-corrected chi connectivity index (χ1v) is 11.8. The average Bonchev–Trinajstić information content (AvgIpc) is 3.24. The molecule has 0 aliphatic carbocycles. The average molecular weight is 468 g/mol. The van der Waals surface area contributed by atoms with Gasteiger partial charge in [-0.25, -0.2) is 0 Å². The molecule has 8 nitrogen and oxygen atoms in total. The van der Waals surface area contributed by atoms with Gasteiger partial charge in [0.1, 0.15) is 5.75 Å². The highest BCUT2D eigenvalue weighted by Crippen LogP contribution is 2.26. The summed E-state index contributed by atoms with van der Waals surface area (Å²) in [5.74, 6) is 1.39. The van der Waals surface area contributed by atoms with Crippen molar-refractivity contribution in [3.8, 4) is 5.75 Å². The highest BCUT2D eigenvalue weighted by Gasteiger charge is 2.26. The fourth-order valence-electron chi connectivity index (χ4n) is 3.28. The number of thioether (sulfide) groups is 1. The molecule has 2 N–H and O–H groups in total. The molecule has 0 spiro atoms. The summed E-state index contributed by atoms with van der Waals surface area (Å²) in [5.41, 5.74) is 1.29. The minimum atomic E-state index is -0.312. The summed E-state index contributed by atoms with van der Waals surface area (Å²) in [4.78, 5) is 25.1. The molecule has 1 atom stereocenters. The second kappa shape index (κ2) is 11.5. The van der Waals surface area contributed by atoms with Crippen molar-refractivity contribution in [1.82, 2.24) is 20.1 Å². The summed E-state index contributed by atoms with van der Waals surface area (Å²) in [7, 11) is 1.60. The zero-order chi connectivity index (χ0) is 23.8. The van der Waals surface area contributed by atoms with Crippen molar-refractivity contribution < 1.29 is 14.3 Å². The number of amides is 2. The van der Waals surface area contributed by atoms with Crippen LogP contribution in [0.3, 0.4) is 0 Å². The van der Waals surface area contributed by atoms with E-state index >= 15 is 0 Å². The zero-order valence-corrected chi connectivity index (χ0v) is 20.1. The van der Waals surface area contributed by atoms with Crippen molar-refractivity contribution in [2.24, 2.45) is 5.92 Å². The first-order chi connectivity index (χ1) is 15.9. The van der Waals surface area contributed by atoms with Gasteiger partial charge < -0.3 is 19.9 Å². The Morgan fingerprint density at radius 1 is 1.06 bits per heavy atom. The van der Waals surface area contributed by atoms with E-state index in [1.807, 2.05) is 43.5 Å². The predicted molar refractivity (Wildman–Crippen MR) is 130 cm³/mol. The quantitative estimate of drug-likeness (QED) is 0.435. The smallest absolute Gasteiger partial charge is 0.251 e. The van der Waals surface area contributed by atoms with Gasteiger partial charge in [0.25, 0.3) is 5.91 Å². The third kappa shape index (κ3) is 6.35. The number of hydrogen-bond donors (Lipinski definition) is 2. The highest BCUT2D eigenvalue weighted by atomic mass is 32.2. The number of anilines is 1. The van der Waals surface area contributed by atoms with Gasteiger partial charge >= 0.3 is 0 Å². The van der Waals surface area contributed by atoms with E-state index in [9.17, 15) is 9.59 Å². The molecule has 0 saturated heterocycles. The monoisotopic (exact) mass is 467 g/mol. The lowest BCUT2D eigenvalue weighted by atomic mass is 10.0. The van der Waals surface area contributed by atoms with Gasteiger partial charge in [0.2, 0.25) is 5.91 Å². The maximum absolute atomic E-state index is 12.7. The van der Waals surface area contributed by atoms with E-state index in [0.717, 1.165) is 5.75 Å². The highest BCUT2D eigenvalue weighted by molar-refractivity contribution is 7.99. The Morgan fingerprint density at radius 3 is 2.36 bits per heavy atom. The second-order valence-electron chi connectivity index (χ2n) is 7.71. The van der Waals surface area contributed by atoms with Gasteiger partial charge in [-0.3, -0.25) is 9.59 Å². The number of carbonyl (C=O) groups is 2. The Kier molecular flexibility index (Phi) is 8.48. The Balaban J connectivity index is 1.68. The van der Waals surface area contributed by atoms with E-state index < -0.39 is 0 Å². The van der Waals surface area contributed by atoms with Gasteiger partial charge in [-0.15, -0.1) is 10.2 Å². The number of rotatable bonds is 10. The fourth-order valence-corrected chi connectivity index (χ4v) is 4.09. The molecular weight excluding hydrogens is 438 g/mol. The largest absolute Gasteiger partial charge is 0.497 e. The molecule has 1 aromatic heterocycles. The van der Waals surface area contributed by atoms with Crippen LogP contribution in [0.4, 0.5) is 5.69 Å². The maximum Gasteiger partial charge on any atom is 0.251 e. The summed E-state index contributed by atoms with van der Waals surface area (Å²) < 4.78 is 7.08. The van der Waals surface area contributed by atoms with Crippen molar-refractivity contribution in [3.63, 3.8) is 0 Å². The summed E-state index contributed by atoms with van der Waals surface area (Å²) in [6, 6.07) is 15.9. The third-order valence-electron chi connectivity index (χ3n) is 5.04. The molecule has 1 heterocycles. The van der Waals surface area contributed by atoms with Gasteiger partial charge in [0.15, 0.2) is 11.0 Å². The number of aromatic nitrogens is 3. The van der Waals surface area contributed by atoms with Gasteiger partial charge in [0.05, 0.1) is 18.9 Å². The summed E-state index contributed by atoms with van der Waals surface area (Å²) >= 11 is 1.31. The summed E-state index contributed by atoms with van der Waals surface area (Å²) in [5, 5.41) is 15.3. The minimum absolute atomic E-state index is 0.100. The molecule has 0 aliphatic heterocycles. The molecule has 33 heavy (non-hydrogen) atoms. The maximum atomic E-state index is 12.7. The Bertz CT molecular complexity index is 1070. The van der Waals surface area contributed by atoms with Crippen LogP contribution in [0.25, 0.3) is 0 Å². The first kappa shape index (κ1) is 24.3. The van der Waals surface area contributed by atoms with Crippen LogP contribution in [-0.2, 0) is 11.3 Å². The number of carbonyl (C=O) groups excluding carboxylic acids is 2. The number of benzene rings is 2. The van der Waals surface area contributed by atoms with Crippen molar-refractivity contribution in [3.05, 3.63) is 66.0 Å². The molecule has 2 aromatic carbocycles. The van der Waals surface area contributed by atoms with Crippen LogP contribution in [0.5, 0.6) is 5.75 Å². The first-order valence-electron chi connectivity index (χ1n) is 10.8. The van der Waals surface area contributed by atoms with Crippen LogP contribution in [-0.4, -0.2) is 39.4 Å². The number of nitrogens with zero attached hydrogens (tertiary/aromatic N) is 3. The van der Waals surface area contributed by atoms with Crippen molar-refractivity contribution in [2.45, 2.75) is 38.5 Å². The molecule has 3 aromatic rings. The Hall–Kier alpha value is -3.33. The van der Waals surface area contributed by atoms with E-state index in [-0.39, 0.29) is 29.5 Å². The van der Waals surface area contributed by atoms with E-state index in [4.69, 9.17) is 4.74 Å². The number of nitrogens with one attached hydrogen (secondary N) is 2. The second-order valence-corrected chi connectivity index (χ2v) is 8.65. The van der Waals surface area contributed by atoms with Crippen LogP contribution in [0.15, 0.2) is 59.8 Å². The molecule has 3 rings (SSSR count). The summed E-state index contributed by atoms with van der Waals surface area (Å²) in [6.07, 6.45) is 0. The fraction of sp³-hybridized carbons (Fsp3) is 0.333. The van der Waals surface area contributed by atoms with Crippen LogP contribution >= 0.6 is 11.8 Å². The zero-order valence-electron chi connectivity index (χ0n) is 19.2. The van der Waals surface area contributed by atoms with Gasteiger partial charge in [-0.2, -0.15) is 0 Å². The number of hydrogen-bond acceptors (Lipinski definition) is 6. The normalized spacial score (nSPS) is 11.8. The van der Waals surface area contributed by atoms with Crippen molar-refractivity contribution in [1.29, 1.82) is 0 Å². The van der Waals surface area contributed by atoms with E-state index in [1.54, 1.807) is 43.5 Å². The molecule has 9 heteroatoms. The van der Waals surface area contributed by atoms with Crippen LogP contribution in [0, 0.1) is 5.92 Å². The third-order valence-corrected chi connectivity index (χ3v) is 6.00. The Morgan fingerprint density at radius 2 is 1.76 bits per heavy atom. The number of ether oxygens (including phenoxy) is 1. The van der Waals surface area contributed by atoms with E-state index in [2.05, 4.69) is 20.8 Å². The van der Waals surface area contributed by atoms with E-state index in [1.165, 1.54) is 11.8 Å². The summed E-state index contributed by atoms with van der Waals surface area (Å²) in [6.45, 7) is 6.67. The molecule has 174 valence electrons. The minimum Gasteiger partial charge on any atom is -0.497 e. The molecule has 2 amide bonds. The lowest BCUT2D eigenvalue weighted by molar-refractivity contribution is -0.113. The molecule has 0 saturated carbocycles. The predicted octanol–water partition coefficient (Wildman–Crippen LogP) is 4.16.